The van der Waals surface area contributed by atoms with E-state index in [1.807, 2.05) is 12.1 Å². The molecule has 0 amide bonds. The van der Waals surface area contributed by atoms with Crippen LogP contribution < -0.4 is 9.86 Å². The van der Waals surface area contributed by atoms with Crippen molar-refractivity contribution >= 4 is 22.2 Å². The van der Waals surface area contributed by atoms with Gasteiger partial charge in [-0.15, -0.1) is 11.3 Å². The van der Waals surface area contributed by atoms with Crippen molar-refractivity contribution < 1.29 is 9.22 Å². The first kappa shape index (κ1) is 14.3. The zero-order valence-electron chi connectivity index (χ0n) is 12.1. The van der Waals surface area contributed by atoms with E-state index in [4.69, 9.17) is 4.74 Å². The molecule has 0 radical (unpaired) electrons. The molecule has 3 rings (SSSR count). The third-order valence-corrected chi connectivity index (χ3v) is 4.82. The molecule has 1 aromatic carbocycles. The smallest absolute Gasteiger partial charge is 0.219 e. The molecule has 21 heavy (non-hydrogen) atoms. The van der Waals surface area contributed by atoms with Crippen LogP contribution in [-0.2, 0) is 0 Å². The maximum atomic E-state index is 14.8. The lowest BCUT2D eigenvalue weighted by molar-refractivity contribution is 0.411. The van der Waals surface area contributed by atoms with Crippen molar-refractivity contribution in [2.24, 2.45) is 0 Å². The van der Waals surface area contributed by atoms with Gasteiger partial charge in [0.05, 0.1) is 12.8 Å². The number of hydrogen-bond acceptors (Lipinski definition) is 4. The second-order valence-corrected chi connectivity index (χ2v) is 6.23. The van der Waals surface area contributed by atoms with Crippen molar-refractivity contribution in [2.75, 3.05) is 12.2 Å². The van der Waals surface area contributed by atoms with E-state index in [9.17, 15) is 4.48 Å². The minimum absolute atomic E-state index is 0.361. The SMILES string of the molecule is COc1ccc(C2CCCCC2)c(N(F)c2nccs2)c1. The zero-order valence-corrected chi connectivity index (χ0v) is 12.9. The Morgan fingerprint density at radius 3 is 2.76 bits per heavy atom. The summed E-state index contributed by atoms with van der Waals surface area (Å²) >= 11 is 1.29. The molecule has 1 fully saturated rings. The Bertz CT molecular complexity index is 582. The van der Waals surface area contributed by atoms with E-state index in [1.165, 1.54) is 30.6 Å². The largest absolute Gasteiger partial charge is 0.497 e. The first-order chi connectivity index (χ1) is 10.3. The number of methoxy groups -OCH3 is 1. The summed E-state index contributed by atoms with van der Waals surface area (Å²) in [7, 11) is 1.60. The van der Waals surface area contributed by atoms with Crippen LogP contribution in [0.15, 0.2) is 29.8 Å². The number of nitrogens with zero attached hydrogens (tertiary/aromatic N) is 2. The Morgan fingerprint density at radius 1 is 1.29 bits per heavy atom. The van der Waals surface area contributed by atoms with Crippen molar-refractivity contribution in [1.29, 1.82) is 0 Å². The van der Waals surface area contributed by atoms with E-state index in [0.717, 1.165) is 18.4 Å². The number of thiazole rings is 1. The number of halogens is 1. The zero-order chi connectivity index (χ0) is 14.7. The second kappa shape index (κ2) is 6.43. The number of rotatable bonds is 4. The van der Waals surface area contributed by atoms with Crippen molar-refractivity contribution in [3.05, 3.63) is 35.3 Å². The minimum atomic E-state index is 0.361. The van der Waals surface area contributed by atoms with E-state index in [1.54, 1.807) is 24.8 Å². The maximum Gasteiger partial charge on any atom is 0.219 e. The molecule has 1 saturated carbocycles. The van der Waals surface area contributed by atoms with Gasteiger partial charge in [0.1, 0.15) is 5.75 Å². The number of anilines is 2. The van der Waals surface area contributed by atoms with Gasteiger partial charge in [-0.3, -0.25) is 0 Å². The molecule has 3 nitrogen and oxygen atoms in total. The lowest BCUT2D eigenvalue weighted by Crippen LogP contribution is -2.11. The second-order valence-electron chi connectivity index (χ2n) is 5.36. The summed E-state index contributed by atoms with van der Waals surface area (Å²) in [6.07, 6.45) is 7.61. The molecule has 0 N–H and O–H groups in total. The van der Waals surface area contributed by atoms with Gasteiger partial charge >= 0.3 is 0 Å². The molecule has 0 atom stereocenters. The number of hydrogen-bond donors (Lipinski definition) is 0. The number of benzene rings is 1. The summed E-state index contributed by atoms with van der Waals surface area (Å²) in [5.74, 6) is 1.10. The third kappa shape index (κ3) is 3.02. The topological polar surface area (TPSA) is 25.4 Å². The molecule has 112 valence electrons. The van der Waals surface area contributed by atoms with Gasteiger partial charge in [0.15, 0.2) is 0 Å². The summed E-state index contributed by atoms with van der Waals surface area (Å²) in [4.78, 5) is 4.06. The van der Waals surface area contributed by atoms with E-state index in [-0.39, 0.29) is 0 Å². The highest BCUT2D eigenvalue weighted by atomic mass is 32.1. The monoisotopic (exact) mass is 306 g/mol. The van der Waals surface area contributed by atoms with E-state index < -0.39 is 0 Å². The normalized spacial score (nSPS) is 15.9. The summed E-state index contributed by atoms with van der Waals surface area (Å²) in [6.45, 7) is 0. The van der Waals surface area contributed by atoms with Crippen LogP contribution in [0.25, 0.3) is 0 Å². The number of aromatic nitrogens is 1. The molecule has 1 aliphatic rings. The predicted molar refractivity (Wildman–Crippen MR) is 84.2 cm³/mol. The molecule has 1 aromatic heterocycles. The van der Waals surface area contributed by atoms with Gasteiger partial charge in [-0.2, -0.15) is 5.12 Å². The van der Waals surface area contributed by atoms with Gasteiger partial charge in [0.2, 0.25) is 5.13 Å². The van der Waals surface area contributed by atoms with Crippen molar-refractivity contribution in [3.8, 4) is 5.75 Å². The molecule has 0 spiro atoms. The Labute approximate surface area is 128 Å². The van der Waals surface area contributed by atoms with E-state index in [2.05, 4.69) is 4.98 Å². The Morgan fingerprint density at radius 2 is 2.10 bits per heavy atom. The molecule has 5 heteroatoms. The summed E-state index contributed by atoms with van der Waals surface area (Å²) in [6, 6.07) is 5.69. The van der Waals surface area contributed by atoms with Crippen LogP contribution in [0.4, 0.5) is 15.3 Å². The minimum Gasteiger partial charge on any atom is -0.497 e. The maximum absolute atomic E-state index is 14.8. The summed E-state index contributed by atoms with van der Waals surface area (Å²) in [5, 5.41) is 2.83. The lowest BCUT2D eigenvalue weighted by atomic mass is 9.83. The fourth-order valence-electron chi connectivity index (χ4n) is 3.00. The van der Waals surface area contributed by atoms with Crippen molar-refractivity contribution in [2.45, 2.75) is 38.0 Å². The van der Waals surface area contributed by atoms with Gasteiger partial charge in [-0.1, -0.05) is 29.8 Å². The highest BCUT2D eigenvalue weighted by molar-refractivity contribution is 7.13. The molecule has 0 aliphatic heterocycles. The van der Waals surface area contributed by atoms with Gasteiger partial charge in [0.25, 0.3) is 0 Å². The van der Waals surface area contributed by atoms with Crippen molar-refractivity contribution in [1.82, 2.24) is 4.98 Å². The van der Waals surface area contributed by atoms with E-state index >= 15 is 0 Å². The van der Waals surface area contributed by atoms with Gasteiger partial charge in [0, 0.05) is 17.6 Å². The van der Waals surface area contributed by atoms with Crippen LogP contribution in [-0.4, -0.2) is 12.1 Å². The molecule has 1 aliphatic carbocycles. The first-order valence-electron chi connectivity index (χ1n) is 7.33. The Balaban J connectivity index is 1.98. The molecule has 0 unspecified atom stereocenters. The summed E-state index contributed by atoms with van der Waals surface area (Å²) in [5.41, 5.74) is 1.63. The van der Waals surface area contributed by atoms with E-state index in [0.29, 0.717) is 27.6 Å². The average Bonchev–Trinajstić information content (AvgIpc) is 3.09. The van der Waals surface area contributed by atoms with Crippen LogP contribution in [0, 0.1) is 0 Å². The molecular weight excluding hydrogens is 287 g/mol. The molecule has 0 bridgehead atoms. The average molecular weight is 306 g/mol. The van der Waals surface area contributed by atoms with Crippen LogP contribution in [0.2, 0.25) is 0 Å². The number of ether oxygens (including phenoxy) is 1. The highest BCUT2D eigenvalue weighted by Crippen LogP contribution is 2.41. The fraction of sp³-hybridized carbons (Fsp3) is 0.438. The van der Waals surface area contributed by atoms with Gasteiger partial charge in [-0.25, -0.2) is 4.98 Å². The lowest BCUT2D eigenvalue weighted by Gasteiger charge is -2.26. The highest BCUT2D eigenvalue weighted by Gasteiger charge is 2.23. The molecule has 1 heterocycles. The van der Waals surface area contributed by atoms with Gasteiger partial charge < -0.3 is 4.74 Å². The Kier molecular flexibility index (Phi) is 4.39. The quantitative estimate of drug-likeness (QED) is 0.724. The molecule has 0 saturated heterocycles. The third-order valence-electron chi connectivity index (χ3n) is 4.08. The standard InChI is InChI=1S/C16H19FN2OS/c1-20-13-7-8-14(12-5-3-2-4-6-12)15(11-13)19(17)16-18-9-10-21-16/h7-12H,2-6H2,1H3. The van der Waals surface area contributed by atoms with Crippen LogP contribution >= 0.6 is 11.3 Å². The van der Waals surface area contributed by atoms with Crippen molar-refractivity contribution in [3.63, 3.8) is 0 Å². The predicted octanol–water partition coefficient (Wildman–Crippen LogP) is 5.22. The molecule has 2 aromatic rings. The molecular formula is C16H19FN2OS. The van der Waals surface area contributed by atoms with Crippen LogP contribution in [0.1, 0.15) is 43.6 Å². The summed E-state index contributed by atoms with van der Waals surface area (Å²) < 4.78 is 20.0. The van der Waals surface area contributed by atoms with Gasteiger partial charge in [-0.05, 0) is 30.4 Å². The van der Waals surface area contributed by atoms with Crippen LogP contribution in [0.5, 0.6) is 5.75 Å². The Hall–Kier alpha value is -1.62. The first-order valence-corrected chi connectivity index (χ1v) is 8.21. The fourth-order valence-corrected chi connectivity index (χ4v) is 3.55. The van der Waals surface area contributed by atoms with Crippen LogP contribution in [0.3, 0.4) is 0 Å².